The Hall–Kier alpha value is -1.28. The Morgan fingerprint density at radius 3 is 2.75 bits per heavy atom. The van der Waals surface area contributed by atoms with Crippen LogP contribution in [0.15, 0.2) is 12.1 Å². The van der Waals surface area contributed by atoms with Crippen molar-refractivity contribution in [2.45, 2.75) is 19.3 Å². The molecule has 1 aliphatic heterocycles. The van der Waals surface area contributed by atoms with Gasteiger partial charge in [0.05, 0.1) is 35.6 Å². The lowest BCUT2D eigenvalue weighted by atomic mass is 10.0. The van der Waals surface area contributed by atoms with Crippen LogP contribution in [0, 0.1) is 11.3 Å². The van der Waals surface area contributed by atoms with Crippen LogP contribution in [0.25, 0.3) is 0 Å². The molecule has 1 fully saturated rings. The molecule has 108 valence electrons. The second kappa shape index (κ2) is 7.49. The van der Waals surface area contributed by atoms with Crippen molar-refractivity contribution < 1.29 is 4.74 Å². The highest BCUT2D eigenvalue weighted by molar-refractivity contribution is 6.33. The Kier molecular flexibility index (Phi) is 5.66. The van der Waals surface area contributed by atoms with E-state index < -0.39 is 0 Å². The summed E-state index contributed by atoms with van der Waals surface area (Å²) in [6.07, 6.45) is 3.03. The fourth-order valence-electron chi connectivity index (χ4n) is 2.42. The molecule has 5 heteroatoms. The minimum absolute atomic E-state index is 0.472. The van der Waals surface area contributed by atoms with Crippen molar-refractivity contribution in [1.82, 2.24) is 4.90 Å². The topological polar surface area (TPSA) is 62.3 Å². The lowest BCUT2D eigenvalue weighted by Crippen LogP contribution is -2.36. The van der Waals surface area contributed by atoms with Crippen LogP contribution in [-0.4, -0.2) is 37.7 Å². The fraction of sp³-hybridized carbons (Fsp3) is 0.533. The third-order valence-electron chi connectivity index (χ3n) is 3.62. The van der Waals surface area contributed by atoms with Crippen LogP contribution >= 0.6 is 11.6 Å². The molecule has 0 bridgehead atoms. The van der Waals surface area contributed by atoms with Crippen molar-refractivity contribution in [3.63, 3.8) is 0 Å². The molecule has 0 aliphatic carbocycles. The molecular formula is C15H20ClN3O. The van der Waals surface area contributed by atoms with Gasteiger partial charge in [0.15, 0.2) is 0 Å². The Bertz CT molecular complexity index is 493. The summed E-state index contributed by atoms with van der Waals surface area (Å²) in [5, 5.41) is 9.66. The molecule has 0 atom stereocenters. The highest BCUT2D eigenvalue weighted by Crippen LogP contribution is 2.24. The van der Waals surface area contributed by atoms with E-state index in [4.69, 9.17) is 27.3 Å². The van der Waals surface area contributed by atoms with Crippen LogP contribution in [-0.2, 0) is 11.2 Å². The maximum atomic E-state index is 9.12. The quantitative estimate of drug-likeness (QED) is 0.669. The second-order valence-electron chi connectivity index (χ2n) is 5.05. The first-order valence-electron chi connectivity index (χ1n) is 6.99. The van der Waals surface area contributed by atoms with Gasteiger partial charge in [0.2, 0.25) is 0 Å². The Morgan fingerprint density at radius 1 is 1.30 bits per heavy atom. The van der Waals surface area contributed by atoms with E-state index in [0.717, 1.165) is 57.7 Å². The first-order valence-corrected chi connectivity index (χ1v) is 7.36. The van der Waals surface area contributed by atoms with E-state index in [1.165, 1.54) is 0 Å². The van der Waals surface area contributed by atoms with Gasteiger partial charge in [-0.25, -0.2) is 0 Å². The molecule has 1 aliphatic rings. The number of hydrogen-bond donors (Lipinski definition) is 1. The molecule has 0 spiro atoms. The summed E-state index contributed by atoms with van der Waals surface area (Å²) >= 11 is 6.02. The molecule has 1 aromatic rings. The molecular weight excluding hydrogens is 274 g/mol. The number of anilines is 1. The van der Waals surface area contributed by atoms with Gasteiger partial charge in [0, 0.05) is 13.1 Å². The van der Waals surface area contributed by atoms with E-state index in [1.54, 1.807) is 6.07 Å². The molecule has 4 nitrogen and oxygen atoms in total. The first kappa shape index (κ1) is 15.1. The van der Waals surface area contributed by atoms with E-state index in [1.807, 2.05) is 6.07 Å². The molecule has 0 saturated carbocycles. The van der Waals surface area contributed by atoms with Crippen molar-refractivity contribution in [3.05, 3.63) is 28.3 Å². The van der Waals surface area contributed by atoms with Gasteiger partial charge in [0.1, 0.15) is 0 Å². The summed E-state index contributed by atoms with van der Waals surface area (Å²) in [6.45, 7) is 4.82. The molecule has 0 amide bonds. The summed E-state index contributed by atoms with van der Waals surface area (Å²) < 4.78 is 5.33. The minimum Gasteiger partial charge on any atom is -0.397 e. The Labute approximate surface area is 125 Å². The van der Waals surface area contributed by atoms with Crippen LogP contribution in [0.5, 0.6) is 0 Å². The average molecular weight is 294 g/mol. The molecule has 1 aromatic carbocycles. The van der Waals surface area contributed by atoms with Gasteiger partial charge in [-0.2, -0.15) is 5.26 Å². The van der Waals surface area contributed by atoms with Crippen molar-refractivity contribution in [3.8, 4) is 6.07 Å². The van der Waals surface area contributed by atoms with Crippen molar-refractivity contribution in [2.75, 3.05) is 38.6 Å². The second-order valence-corrected chi connectivity index (χ2v) is 5.46. The number of nitrogen functional groups attached to an aromatic ring is 1. The molecule has 1 saturated heterocycles. The number of ether oxygens (including phenoxy) is 1. The van der Waals surface area contributed by atoms with Crippen LogP contribution < -0.4 is 5.73 Å². The molecule has 0 unspecified atom stereocenters. The lowest BCUT2D eigenvalue weighted by molar-refractivity contribution is 0.0372. The number of unbranched alkanes of at least 4 members (excludes halogenated alkanes) is 1. The van der Waals surface area contributed by atoms with Crippen molar-refractivity contribution in [1.29, 1.82) is 5.26 Å². The fourth-order valence-corrected chi connectivity index (χ4v) is 2.60. The van der Waals surface area contributed by atoms with Gasteiger partial charge in [-0.1, -0.05) is 11.6 Å². The average Bonchev–Trinajstić information content (AvgIpc) is 2.48. The van der Waals surface area contributed by atoms with Gasteiger partial charge >= 0.3 is 0 Å². The molecule has 2 N–H and O–H groups in total. The lowest BCUT2D eigenvalue weighted by Gasteiger charge is -2.26. The predicted molar refractivity (Wildman–Crippen MR) is 80.8 cm³/mol. The van der Waals surface area contributed by atoms with E-state index >= 15 is 0 Å². The largest absolute Gasteiger partial charge is 0.397 e. The normalized spacial score (nSPS) is 16.0. The summed E-state index contributed by atoms with van der Waals surface area (Å²) in [4.78, 5) is 2.42. The molecule has 2 rings (SSSR count). The van der Waals surface area contributed by atoms with E-state index in [9.17, 15) is 0 Å². The molecule has 20 heavy (non-hydrogen) atoms. The van der Waals surface area contributed by atoms with Crippen LogP contribution in [0.2, 0.25) is 5.02 Å². The van der Waals surface area contributed by atoms with Crippen LogP contribution in [0.3, 0.4) is 0 Å². The number of morpholine rings is 1. The van der Waals surface area contributed by atoms with E-state index in [0.29, 0.717) is 16.3 Å². The molecule has 0 radical (unpaired) electrons. The third-order valence-corrected chi connectivity index (χ3v) is 3.94. The monoisotopic (exact) mass is 293 g/mol. The van der Waals surface area contributed by atoms with Gasteiger partial charge in [-0.15, -0.1) is 0 Å². The number of rotatable bonds is 5. The van der Waals surface area contributed by atoms with Gasteiger partial charge in [0.25, 0.3) is 0 Å². The number of nitrogens with zero attached hydrogens (tertiary/aromatic N) is 2. The summed E-state index contributed by atoms with van der Waals surface area (Å²) in [7, 11) is 0. The summed E-state index contributed by atoms with van der Waals surface area (Å²) in [5.74, 6) is 0. The zero-order chi connectivity index (χ0) is 14.4. The summed E-state index contributed by atoms with van der Waals surface area (Å²) in [6, 6.07) is 5.68. The van der Waals surface area contributed by atoms with Crippen LogP contribution in [0.4, 0.5) is 5.69 Å². The van der Waals surface area contributed by atoms with Crippen LogP contribution in [0.1, 0.15) is 24.0 Å². The molecule has 1 heterocycles. The number of benzene rings is 1. The Morgan fingerprint density at radius 2 is 2.05 bits per heavy atom. The van der Waals surface area contributed by atoms with E-state index in [2.05, 4.69) is 11.0 Å². The van der Waals surface area contributed by atoms with Gasteiger partial charge in [-0.3, -0.25) is 4.90 Å². The van der Waals surface area contributed by atoms with Gasteiger partial charge < -0.3 is 10.5 Å². The minimum atomic E-state index is 0.472. The van der Waals surface area contributed by atoms with Crippen molar-refractivity contribution in [2.24, 2.45) is 0 Å². The molecule has 0 aromatic heterocycles. The van der Waals surface area contributed by atoms with E-state index in [-0.39, 0.29) is 0 Å². The maximum absolute atomic E-state index is 9.12. The number of aryl methyl sites for hydroxylation is 1. The third kappa shape index (κ3) is 4.11. The SMILES string of the molecule is N#Cc1cc(N)c(Cl)cc1CCCCN1CCOCC1. The predicted octanol–water partition coefficient (Wildman–Crippen LogP) is 2.45. The first-order chi connectivity index (χ1) is 9.70. The van der Waals surface area contributed by atoms with Crippen molar-refractivity contribution >= 4 is 17.3 Å². The zero-order valence-corrected chi connectivity index (χ0v) is 12.3. The highest BCUT2D eigenvalue weighted by atomic mass is 35.5. The number of nitriles is 1. The number of hydrogen-bond acceptors (Lipinski definition) is 4. The zero-order valence-electron chi connectivity index (χ0n) is 11.6. The Balaban J connectivity index is 1.81. The smallest absolute Gasteiger partial charge is 0.0995 e. The number of halogens is 1. The van der Waals surface area contributed by atoms with Gasteiger partial charge in [-0.05, 0) is 43.5 Å². The maximum Gasteiger partial charge on any atom is 0.0995 e. The standard InChI is InChI=1S/C15H20ClN3O/c16-14-9-12(13(11-17)10-15(14)18)3-1-2-4-19-5-7-20-8-6-19/h9-10H,1-8,18H2. The number of nitrogens with two attached hydrogens (primary N) is 1. The summed E-state index contributed by atoms with van der Waals surface area (Å²) in [5.41, 5.74) is 7.82. The highest BCUT2D eigenvalue weighted by Gasteiger charge is 2.10.